The molecular formula is C34H35F3N4O5. The lowest BCUT2D eigenvalue weighted by atomic mass is 9.96. The first-order valence-electron chi connectivity index (χ1n) is 15.2. The number of nitrogens with zero attached hydrogens (tertiary/aromatic N) is 4. The van der Waals surface area contributed by atoms with E-state index in [1.165, 1.54) is 9.91 Å². The average Bonchev–Trinajstić information content (AvgIpc) is 3.72. The third-order valence-electron chi connectivity index (χ3n) is 8.65. The molecule has 0 aromatic heterocycles. The summed E-state index contributed by atoms with van der Waals surface area (Å²) >= 11 is 0. The van der Waals surface area contributed by atoms with Crippen molar-refractivity contribution in [2.24, 2.45) is 5.10 Å². The lowest BCUT2D eigenvalue weighted by Crippen LogP contribution is -2.46. The number of hydrogen-bond donors (Lipinski definition) is 0. The molecule has 1 atom stereocenters. The standard InChI is InChI=1S/C34H35F3N4O5/c1-22-3-4-25(17-23(22)2)28-19-29(26-7-10-30-31(18-26)46-21-45-30)41(38-28)32(42)20-40(12-11-39-13-15-44-16-14-39)33(43)24-5-8-27(9-6-24)34(35,36)37/h3-10,17-18,29H,11-16,19-21H2,1-2H3/t29-/m1/s1. The minimum atomic E-state index is -4.53. The van der Waals surface area contributed by atoms with Crippen LogP contribution in [0.5, 0.6) is 11.5 Å². The number of alkyl halides is 3. The summed E-state index contributed by atoms with van der Waals surface area (Å²) in [6, 6.07) is 15.2. The van der Waals surface area contributed by atoms with Crippen LogP contribution in [0, 0.1) is 13.8 Å². The Bertz CT molecular complexity index is 1640. The third-order valence-corrected chi connectivity index (χ3v) is 8.65. The van der Waals surface area contributed by atoms with Crippen molar-refractivity contribution in [2.45, 2.75) is 32.5 Å². The monoisotopic (exact) mass is 636 g/mol. The second-order valence-corrected chi connectivity index (χ2v) is 11.7. The van der Waals surface area contributed by atoms with Crippen molar-refractivity contribution in [1.82, 2.24) is 14.8 Å². The van der Waals surface area contributed by atoms with Crippen molar-refractivity contribution < 1.29 is 37.0 Å². The predicted molar refractivity (Wildman–Crippen MR) is 164 cm³/mol. The molecule has 0 bridgehead atoms. The summed E-state index contributed by atoms with van der Waals surface area (Å²) in [6.45, 7) is 7.00. The van der Waals surface area contributed by atoms with Crippen LogP contribution < -0.4 is 9.47 Å². The predicted octanol–water partition coefficient (Wildman–Crippen LogP) is 5.20. The van der Waals surface area contributed by atoms with Crippen LogP contribution in [0.1, 0.15) is 50.6 Å². The molecule has 46 heavy (non-hydrogen) atoms. The zero-order chi connectivity index (χ0) is 32.4. The van der Waals surface area contributed by atoms with Crippen molar-refractivity contribution >= 4 is 17.5 Å². The maximum atomic E-state index is 14.1. The SMILES string of the molecule is Cc1ccc(C2=NN(C(=O)CN(CCN3CCOCC3)C(=O)c3ccc(C(F)(F)F)cc3)[C@@H](c3ccc4c(c3)OCO4)C2)cc1C. The fourth-order valence-corrected chi connectivity index (χ4v) is 5.78. The number of fused-ring (bicyclic) bond motifs is 1. The maximum Gasteiger partial charge on any atom is 0.416 e. The van der Waals surface area contributed by atoms with Crippen LogP contribution in [0.25, 0.3) is 0 Å². The zero-order valence-corrected chi connectivity index (χ0v) is 25.7. The van der Waals surface area contributed by atoms with Crippen LogP contribution in [0.2, 0.25) is 0 Å². The number of hydrazone groups is 1. The number of morpholine rings is 1. The van der Waals surface area contributed by atoms with E-state index in [1.807, 2.05) is 44.2 Å². The minimum absolute atomic E-state index is 0.0656. The topological polar surface area (TPSA) is 83.9 Å². The summed E-state index contributed by atoms with van der Waals surface area (Å²) in [5.74, 6) is 0.247. The number of aryl methyl sites for hydroxylation is 2. The number of benzene rings is 3. The number of amides is 2. The molecular weight excluding hydrogens is 601 g/mol. The van der Waals surface area contributed by atoms with Gasteiger partial charge in [0.1, 0.15) is 6.54 Å². The lowest BCUT2D eigenvalue weighted by Gasteiger charge is -2.31. The second kappa shape index (κ2) is 13.1. The van der Waals surface area contributed by atoms with E-state index in [0.29, 0.717) is 50.8 Å². The fraction of sp³-hybridized carbons (Fsp3) is 0.382. The number of carbonyl (C=O) groups excluding carboxylic acids is 2. The summed E-state index contributed by atoms with van der Waals surface area (Å²) in [6.07, 6.45) is -4.09. The van der Waals surface area contributed by atoms with Crippen LogP contribution in [0.3, 0.4) is 0 Å². The van der Waals surface area contributed by atoms with E-state index >= 15 is 0 Å². The highest BCUT2D eigenvalue weighted by Crippen LogP contribution is 2.39. The van der Waals surface area contributed by atoms with Gasteiger partial charge in [0.05, 0.1) is 30.5 Å². The largest absolute Gasteiger partial charge is 0.454 e. The first-order valence-corrected chi connectivity index (χ1v) is 15.2. The van der Waals surface area contributed by atoms with Gasteiger partial charge >= 0.3 is 6.18 Å². The van der Waals surface area contributed by atoms with Crippen LogP contribution in [0.15, 0.2) is 65.8 Å². The maximum absolute atomic E-state index is 14.1. The van der Waals surface area contributed by atoms with Gasteiger partial charge in [-0.3, -0.25) is 14.5 Å². The Kier molecular flexibility index (Phi) is 9.01. The van der Waals surface area contributed by atoms with Gasteiger partial charge in [0, 0.05) is 38.2 Å². The molecule has 0 aliphatic carbocycles. The van der Waals surface area contributed by atoms with E-state index < -0.39 is 29.6 Å². The summed E-state index contributed by atoms with van der Waals surface area (Å²) in [7, 11) is 0. The molecule has 9 nitrogen and oxygen atoms in total. The molecule has 0 radical (unpaired) electrons. The van der Waals surface area contributed by atoms with Gasteiger partial charge in [0.25, 0.3) is 11.8 Å². The molecule has 3 aliphatic heterocycles. The molecule has 0 spiro atoms. The molecule has 3 heterocycles. The molecule has 242 valence electrons. The first kappa shape index (κ1) is 31.6. The van der Waals surface area contributed by atoms with E-state index in [4.69, 9.17) is 19.3 Å². The highest BCUT2D eigenvalue weighted by Gasteiger charge is 2.36. The van der Waals surface area contributed by atoms with Crippen molar-refractivity contribution in [3.05, 3.63) is 94.0 Å². The van der Waals surface area contributed by atoms with Gasteiger partial charge in [-0.1, -0.05) is 18.2 Å². The highest BCUT2D eigenvalue weighted by molar-refractivity contribution is 6.04. The Hall–Kier alpha value is -4.42. The second-order valence-electron chi connectivity index (χ2n) is 11.7. The first-order chi connectivity index (χ1) is 22.1. The normalized spacial score (nSPS) is 18.1. The Balaban J connectivity index is 1.29. The lowest BCUT2D eigenvalue weighted by molar-refractivity contribution is -0.137. The van der Waals surface area contributed by atoms with Gasteiger partial charge in [0.2, 0.25) is 6.79 Å². The van der Waals surface area contributed by atoms with Crippen LogP contribution >= 0.6 is 0 Å². The van der Waals surface area contributed by atoms with Crippen molar-refractivity contribution in [1.29, 1.82) is 0 Å². The highest BCUT2D eigenvalue weighted by atomic mass is 19.4. The molecule has 3 aromatic rings. The van der Waals surface area contributed by atoms with E-state index in [1.54, 1.807) is 6.07 Å². The number of hydrogen-bond acceptors (Lipinski definition) is 7. The average molecular weight is 637 g/mol. The van der Waals surface area contributed by atoms with Gasteiger partial charge in [-0.25, -0.2) is 5.01 Å². The number of carbonyl (C=O) groups is 2. The van der Waals surface area contributed by atoms with Gasteiger partial charge in [0.15, 0.2) is 11.5 Å². The summed E-state index contributed by atoms with van der Waals surface area (Å²) in [5, 5.41) is 6.21. The van der Waals surface area contributed by atoms with Gasteiger partial charge in [-0.05, 0) is 78.6 Å². The number of halogens is 3. The molecule has 1 saturated heterocycles. The fourth-order valence-electron chi connectivity index (χ4n) is 5.78. The number of rotatable bonds is 8. The Morgan fingerprint density at radius 2 is 1.67 bits per heavy atom. The molecule has 0 unspecified atom stereocenters. The molecule has 2 amide bonds. The Morgan fingerprint density at radius 1 is 0.935 bits per heavy atom. The molecule has 12 heteroatoms. The van der Waals surface area contributed by atoms with E-state index in [9.17, 15) is 22.8 Å². The van der Waals surface area contributed by atoms with E-state index in [0.717, 1.165) is 52.2 Å². The smallest absolute Gasteiger partial charge is 0.416 e. The third kappa shape index (κ3) is 6.87. The summed E-state index contributed by atoms with van der Waals surface area (Å²) < 4.78 is 56.1. The minimum Gasteiger partial charge on any atom is -0.454 e. The molecule has 0 saturated carbocycles. The van der Waals surface area contributed by atoms with Gasteiger partial charge < -0.3 is 19.1 Å². The van der Waals surface area contributed by atoms with Gasteiger partial charge in [-0.2, -0.15) is 18.3 Å². The zero-order valence-electron chi connectivity index (χ0n) is 25.7. The molecule has 1 fully saturated rings. The van der Waals surface area contributed by atoms with E-state index in [-0.39, 0.29) is 25.4 Å². The number of ether oxygens (including phenoxy) is 3. The van der Waals surface area contributed by atoms with Crippen molar-refractivity contribution in [2.75, 3.05) is 52.7 Å². The summed E-state index contributed by atoms with van der Waals surface area (Å²) in [5.41, 5.74) is 3.88. The molecule has 3 aromatic carbocycles. The van der Waals surface area contributed by atoms with Crippen LogP contribution in [0.4, 0.5) is 13.2 Å². The van der Waals surface area contributed by atoms with Crippen LogP contribution in [-0.2, 0) is 15.7 Å². The molecule has 3 aliphatic rings. The summed E-state index contributed by atoms with van der Waals surface area (Å²) in [4.78, 5) is 31.4. The van der Waals surface area contributed by atoms with Crippen molar-refractivity contribution in [3.8, 4) is 11.5 Å². The molecule has 0 N–H and O–H groups in total. The van der Waals surface area contributed by atoms with E-state index in [2.05, 4.69) is 4.90 Å². The van der Waals surface area contributed by atoms with Crippen LogP contribution in [-0.4, -0.2) is 85.1 Å². The Morgan fingerprint density at radius 3 is 2.39 bits per heavy atom. The quantitative estimate of drug-likeness (QED) is 0.338. The van der Waals surface area contributed by atoms with Crippen molar-refractivity contribution in [3.63, 3.8) is 0 Å². The van der Waals surface area contributed by atoms with Gasteiger partial charge in [-0.15, -0.1) is 0 Å². The molecule has 6 rings (SSSR count). The Labute approximate surface area is 265 Å².